The number of likely N-dealkylation sites (N-methyl/N-ethyl adjacent to an activating group) is 1. The van der Waals surface area contributed by atoms with Crippen molar-refractivity contribution in [1.82, 2.24) is 4.90 Å². The van der Waals surface area contributed by atoms with Crippen molar-refractivity contribution in [2.75, 3.05) is 14.1 Å². The topological polar surface area (TPSA) is 36.6 Å². The van der Waals surface area contributed by atoms with Crippen LogP contribution in [0.15, 0.2) is 28.7 Å². The van der Waals surface area contributed by atoms with Gasteiger partial charge in [0.05, 0.1) is 0 Å². The summed E-state index contributed by atoms with van der Waals surface area (Å²) in [4.78, 5) is 1.90. The van der Waals surface area contributed by atoms with Gasteiger partial charge in [0, 0.05) is 10.9 Å². The van der Waals surface area contributed by atoms with Crippen LogP contribution < -0.4 is 0 Å². The zero-order chi connectivity index (χ0) is 13.5. The zero-order valence-corrected chi connectivity index (χ0v) is 11.1. The Hall–Kier alpha value is -1.39. The standard InChI is InChI=1S/C14H18FNO2/c1-14(2,16(3)4)13(17)11-8-9-6-5-7-10(15)12(9)18-11/h5-8,13,17H,1-4H3. The summed E-state index contributed by atoms with van der Waals surface area (Å²) < 4.78 is 19.0. The molecule has 0 aliphatic rings. The van der Waals surface area contributed by atoms with Gasteiger partial charge in [-0.25, -0.2) is 4.39 Å². The van der Waals surface area contributed by atoms with Gasteiger partial charge in [-0.15, -0.1) is 0 Å². The van der Waals surface area contributed by atoms with Gasteiger partial charge in [0.2, 0.25) is 0 Å². The molecule has 0 radical (unpaired) electrons. The molecule has 98 valence electrons. The summed E-state index contributed by atoms with van der Waals surface area (Å²) in [6.07, 6.45) is -0.820. The van der Waals surface area contributed by atoms with E-state index in [0.717, 1.165) is 0 Å². The first-order valence-corrected chi connectivity index (χ1v) is 5.87. The van der Waals surface area contributed by atoms with Gasteiger partial charge in [-0.2, -0.15) is 0 Å². The fourth-order valence-corrected chi connectivity index (χ4v) is 1.77. The van der Waals surface area contributed by atoms with Crippen LogP contribution in [0.2, 0.25) is 0 Å². The number of rotatable bonds is 3. The van der Waals surface area contributed by atoms with E-state index in [9.17, 15) is 9.50 Å². The van der Waals surface area contributed by atoms with Crippen LogP contribution in [0.4, 0.5) is 4.39 Å². The first kappa shape index (κ1) is 13.1. The second-order valence-corrected chi connectivity index (χ2v) is 5.26. The predicted octanol–water partition coefficient (Wildman–Crippen LogP) is 2.95. The Balaban J connectivity index is 2.46. The van der Waals surface area contributed by atoms with Crippen molar-refractivity contribution in [3.05, 3.63) is 35.8 Å². The van der Waals surface area contributed by atoms with Crippen LogP contribution in [-0.4, -0.2) is 29.6 Å². The maximum absolute atomic E-state index is 13.5. The van der Waals surface area contributed by atoms with Gasteiger partial charge in [-0.05, 0) is 40.1 Å². The van der Waals surface area contributed by atoms with E-state index < -0.39 is 17.5 Å². The maximum Gasteiger partial charge on any atom is 0.170 e. The molecule has 0 saturated carbocycles. The molecule has 1 atom stereocenters. The van der Waals surface area contributed by atoms with Crippen LogP contribution in [0.5, 0.6) is 0 Å². The fourth-order valence-electron chi connectivity index (χ4n) is 1.77. The van der Waals surface area contributed by atoms with Gasteiger partial charge in [-0.3, -0.25) is 0 Å². The second-order valence-electron chi connectivity index (χ2n) is 5.26. The Morgan fingerprint density at radius 2 is 2.00 bits per heavy atom. The summed E-state index contributed by atoms with van der Waals surface area (Å²) in [5.41, 5.74) is -0.300. The number of hydrogen-bond acceptors (Lipinski definition) is 3. The highest BCUT2D eigenvalue weighted by Gasteiger charge is 2.33. The van der Waals surface area contributed by atoms with Crippen molar-refractivity contribution in [3.8, 4) is 0 Å². The average Bonchev–Trinajstić information content (AvgIpc) is 2.73. The molecule has 0 amide bonds. The molecule has 0 saturated heterocycles. The highest BCUT2D eigenvalue weighted by atomic mass is 19.1. The molecular formula is C14H18FNO2. The molecule has 0 bridgehead atoms. The molecule has 1 unspecified atom stereocenters. The molecular weight excluding hydrogens is 233 g/mol. The van der Waals surface area contributed by atoms with Gasteiger partial charge in [0.15, 0.2) is 11.4 Å². The third kappa shape index (κ3) is 2.02. The Kier molecular flexibility index (Phi) is 3.17. The number of aliphatic hydroxyl groups excluding tert-OH is 1. The van der Waals surface area contributed by atoms with Crippen molar-refractivity contribution < 1.29 is 13.9 Å². The highest BCUT2D eigenvalue weighted by molar-refractivity contribution is 5.78. The molecule has 0 spiro atoms. The van der Waals surface area contributed by atoms with E-state index in [-0.39, 0.29) is 5.58 Å². The minimum atomic E-state index is -0.820. The summed E-state index contributed by atoms with van der Waals surface area (Å²) in [5, 5.41) is 11.0. The molecule has 0 aliphatic heterocycles. The molecule has 1 aromatic heterocycles. The Labute approximate surface area is 106 Å². The number of hydrogen-bond donors (Lipinski definition) is 1. The zero-order valence-electron chi connectivity index (χ0n) is 11.1. The van der Waals surface area contributed by atoms with Gasteiger partial charge in [0.25, 0.3) is 0 Å². The van der Waals surface area contributed by atoms with E-state index in [4.69, 9.17) is 4.42 Å². The number of furan rings is 1. The summed E-state index contributed by atoms with van der Waals surface area (Å²) in [6.45, 7) is 3.81. The average molecular weight is 251 g/mol. The lowest BCUT2D eigenvalue weighted by Crippen LogP contribution is -2.43. The monoisotopic (exact) mass is 251 g/mol. The highest BCUT2D eigenvalue weighted by Crippen LogP contribution is 2.33. The SMILES string of the molecule is CN(C)C(C)(C)C(O)c1cc2cccc(F)c2o1. The van der Waals surface area contributed by atoms with Crippen LogP contribution in [0, 0.1) is 5.82 Å². The molecule has 0 aliphatic carbocycles. The quantitative estimate of drug-likeness (QED) is 0.911. The number of fused-ring (bicyclic) bond motifs is 1. The Bertz CT molecular complexity index is 560. The summed E-state index contributed by atoms with van der Waals surface area (Å²) in [7, 11) is 3.76. The minimum Gasteiger partial charge on any atom is -0.455 e. The van der Waals surface area contributed by atoms with E-state index in [1.54, 1.807) is 18.2 Å². The number of aliphatic hydroxyl groups is 1. The van der Waals surface area contributed by atoms with Crippen molar-refractivity contribution >= 4 is 11.0 Å². The first-order valence-electron chi connectivity index (χ1n) is 5.87. The lowest BCUT2D eigenvalue weighted by molar-refractivity contribution is 0.00353. The Morgan fingerprint density at radius 1 is 1.33 bits per heavy atom. The third-order valence-corrected chi connectivity index (χ3v) is 3.61. The normalized spacial score (nSPS) is 14.4. The fraction of sp³-hybridized carbons (Fsp3) is 0.429. The molecule has 1 heterocycles. The molecule has 1 N–H and O–H groups in total. The lowest BCUT2D eigenvalue weighted by Gasteiger charge is -2.35. The smallest absolute Gasteiger partial charge is 0.170 e. The van der Waals surface area contributed by atoms with Gasteiger partial charge >= 0.3 is 0 Å². The molecule has 2 rings (SSSR count). The number of nitrogens with zero attached hydrogens (tertiary/aromatic N) is 1. The van der Waals surface area contributed by atoms with Crippen LogP contribution >= 0.6 is 0 Å². The van der Waals surface area contributed by atoms with Gasteiger partial charge < -0.3 is 14.4 Å². The molecule has 3 nitrogen and oxygen atoms in total. The van der Waals surface area contributed by atoms with Gasteiger partial charge in [0.1, 0.15) is 11.9 Å². The first-order chi connectivity index (χ1) is 8.34. The second kappa shape index (κ2) is 4.37. The third-order valence-electron chi connectivity index (χ3n) is 3.61. The van der Waals surface area contributed by atoms with Crippen molar-refractivity contribution in [1.29, 1.82) is 0 Å². The summed E-state index contributed by atoms with van der Waals surface area (Å²) in [6, 6.07) is 6.43. The number of halogens is 1. The number of benzene rings is 1. The van der Waals surface area contributed by atoms with E-state index in [1.807, 2.05) is 32.8 Å². The largest absolute Gasteiger partial charge is 0.455 e. The minimum absolute atomic E-state index is 0.195. The van der Waals surface area contributed by atoms with Crippen LogP contribution in [0.1, 0.15) is 25.7 Å². The van der Waals surface area contributed by atoms with Crippen LogP contribution in [0.3, 0.4) is 0 Å². The number of para-hydroxylation sites is 1. The molecule has 2 aromatic rings. The molecule has 4 heteroatoms. The van der Waals surface area contributed by atoms with E-state index >= 15 is 0 Å². The summed E-state index contributed by atoms with van der Waals surface area (Å²) >= 11 is 0. The van der Waals surface area contributed by atoms with Crippen LogP contribution in [0.25, 0.3) is 11.0 Å². The molecule has 18 heavy (non-hydrogen) atoms. The van der Waals surface area contributed by atoms with Crippen molar-refractivity contribution in [3.63, 3.8) is 0 Å². The maximum atomic E-state index is 13.5. The van der Waals surface area contributed by atoms with Gasteiger partial charge in [-0.1, -0.05) is 12.1 Å². The van der Waals surface area contributed by atoms with Crippen molar-refractivity contribution in [2.45, 2.75) is 25.5 Å². The lowest BCUT2D eigenvalue weighted by atomic mass is 9.94. The van der Waals surface area contributed by atoms with E-state index in [1.165, 1.54) is 6.07 Å². The predicted molar refractivity (Wildman–Crippen MR) is 68.9 cm³/mol. The molecule has 1 aromatic carbocycles. The summed E-state index contributed by atoms with van der Waals surface area (Å²) in [5.74, 6) is -0.0255. The Morgan fingerprint density at radius 3 is 2.56 bits per heavy atom. The van der Waals surface area contributed by atoms with E-state index in [2.05, 4.69) is 0 Å². The van der Waals surface area contributed by atoms with E-state index in [0.29, 0.717) is 11.1 Å². The van der Waals surface area contributed by atoms with Crippen LogP contribution in [-0.2, 0) is 0 Å². The molecule has 0 fully saturated rings. The van der Waals surface area contributed by atoms with Crippen molar-refractivity contribution in [2.24, 2.45) is 0 Å².